The molecule has 1 aliphatic heterocycles. The molecule has 0 unspecified atom stereocenters. The number of carbonyl (C=O) groups is 1. The molecule has 1 aromatic carbocycles. The van der Waals surface area contributed by atoms with E-state index in [9.17, 15) is 14.9 Å². The normalized spacial score (nSPS) is 15.8. The predicted molar refractivity (Wildman–Crippen MR) is 107 cm³/mol. The van der Waals surface area contributed by atoms with Gasteiger partial charge < -0.3 is 14.2 Å². The van der Waals surface area contributed by atoms with Gasteiger partial charge in [-0.3, -0.25) is 14.9 Å². The van der Waals surface area contributed by atoms with Crippen molar-refractivity contribution in [3.63, 3.8) is 0 Å². The lowest BCUT2D eigenvalue weighted by atomic mass is 10.0. The van der Waals surface area contributed by atoms with Gasteiger partial charge in [-0.05, 0) is 62.8 Å². The van der Waals surface area contributed by atoms with E-state index in [1.165, 1.54) is 18.2 Å². The van der Waals surface area contributed by atoms with Crippen LogP contribution in [0.15, 0.2) is 47.1 Å². The number of hydrogen-bond acceptors (Lipinski definition) is 5. The summed E-state index contributed by atoms with van der Waals surface area (Å²) < 4.78 is 5.43. The fourth-order valence-electron chi connectivity index (χ4n) is 3.30. The van der Waals surface area contributed by atoms with Crippen molar-refractivity contribution in [1.82, 2.24) is 9.80 Å². The van der Waals surface area contributed by atoms with E-state index in [0.29, 0.717) is 12.1 Å². The van der Waals surface area contributed by atoms with Crippen molar-refractivity contribution < 1.29 is 14.1 Å². The lowest BCUT2D eigenvalue weighted by Crippen LogP contribution is -2.45. The quantitative estimate of drug-likeness (QED) is 0.414. The molecule has 1 saturated heterocycles. The molecule has 1 amide bonds. The minimum absolute atomic E-state index is 0.0687. The molecule has 0 atom stereocenters. The van der Waals surface area contributed by atoms with Crippen LogP contribution >= 0.6 is 11.6 Å². The molecule has 148 valence electrons. The zero-order chi connectivity index (χ0) is 20.1. The first-order valence-corrected chi connectivity index (χ1v) is 9.45. The number of amides is 1. The van der Waals surface area contributed by atoms with Crippen molar-refractivity contribution in [1.29, 1.82) is 0 Å². The third-order valence-electron chi connectivity index (χ3n) is 4.90. The van der Waals surface area contributed by atoms with Gasteiger partial charge in [-0.25, -0.2) is 0 Å². The van der Waals surface area contributed by atoms with Gasteiger partial charge in [0.2, 0.25) is 5.91 Å². The Kier molecular flexibility index (Phi) is 6.49. The number of halogens is 1. The Bertz CT molecular complexity index is 858. The summed E-state index contributed by atoms with van der Waals surface area (Å²) in [6.07, 6.45) is 6.41. The highest BCUT2D eigenvalue weighted by atomic mass is 35.5. The lowest BCUT2D eigenvalue weighted by molar-refractivity contribution is -0.384. The van der Waals surface area contributed by atoms with Crippen LogP contribution in [0.5, 0.6) is 0 Å². The molecule has 0 N–H and O–H groups in total. The molecule has 1 aromatic heterocycles. The average molecular weight is 404 g/mol. The molecule has 7 nitrogen and oxygen atoms in total. The van der Waals surface area contributed by atoms with Gasteiger partial charge >= 0.3 is 0 Å². The van der Waals surface area contributed by atoms with Crippen molar-refractivity contribution in [3.05, 3.63) is 69.1 Å². The number of piperidine rings is 1. The Balaban J connectivity index is 1.77. The first-order valence-electron chi connectivity index (χ1n) is 9.07. The van der Waals surface area contributed by atoms with Gasteiger partial charge in [0.15, 0.2) is 0 Å². The lowest BCUT2D eigenvalue weighted by Gasteiger charge is -2.36. The number of hydrogen-bond donors (Lipinski definition) is 0. The largest absolute Gasteiger partial charge is 0.467 e. The topological polar surface area (TPSA) is 79.8 Å². The molecule has 8 heteroatoms. The Hall–Kier alpha value is -2.64. The van der Waals surface area contributed by atoms with E-state index in [1.54, 1.807) is 24.5 Å². The smallest absolute Gasteiger partial charge is 0.288 e. The zero-order valence-electron chi connectivity index (χ0n) is 15.6. The van der Waals surface area contributed by atoms with Gasteiger partial charge in [0.05, 0.1) is 17.7 Å². The van der Waals surface area contributed by atoms with Gasteiger partial charge in [-0.15, -0.1) is 0 Å². The van der Waals surface area contributed by atoms with Crippen LogP contribution in [0, 0.1) is 10.1 Å². The van der Waals surface area contributed by atoms with E-state index < -0.39 is 4.92 Å². The molecule has 1 fully saturated rings. The van der Waals surface area contributed by atoms with Gasteiger partial charge in [-0.1, -0.05) is 17.7 Å². The average Bonchev–Trinajstić information content (AvgIpc) is 3.19. The number of nitrogens with zero attached hydrogens (tertiary/aromatic N) is 3. The standard InChI is InChI=1S/C20H22ClN3O4/c1-22-10-8-16(9-11-22)23(14-17-3-2-12-28-17)20(25)7-5-15-4-6-18(21)19(13-15)24(26)27/h2-7,12-13,16H,8-11,14H2,1H3/b7-5+. The van der Waals surface area contributed by atoms with Gasteiger partial charge in [0, 0.05) is 18.2 Å². The Labute approximate surface area is 168 Å². The fourth-order valence-corrected chi connectivity index (χ4v) is 3.49. The van der Waals surface area contributed by atoms with Crippen LogP contribution in [-0.2, 0) is 11.3 Å². The summed E-state index contributed by atoms with van der Waals surface area (Å²) >= 11 is 5.84. The second-order valence-corrected chi connectivity index (χ2v) is 7.29. The Morgan fingerprint density at radius 2 is 2.14 bits per heavy atom. The summed E-state index contributed by atoms with van der Waals surface area (Å²) in [6, 6.07) is 8.24. The third-order valence-corrected chi connectivity index (χ3v) is 5.22. The highest BCUT2D eigenvalue weighted by Gasteiger charge is 2.26. The predicted octanol–water partition coefficient (Wildman–Crippen LogP) is 3.98. The van der Waals surface area contributed by atoms with Gasteiger partial charge in [-0.2, -0.15) is 0 Å². The number of carbonyl (C=O) groups excluding carboxylic acids is 1. The van der Waals surface area contributed by atoms with Crippen molar-refractivity contribution in [2.75, 3.05) is 20.1 Å². The van der Waals surface area contributed by atoms with E-state index in [0.717, 1.165) is 31.7 Å². The molecule has 28 heavy (non-hydrogen) atoms. The van der Waals surface area contributed by atoms with E-state index in [-0.39, 0.29) is 22.7 Å². The summed E-state index contributed by atoms with van der Waals surface area (Å²) in [6.45, 7) is 2.25. The summed E-state index contributed by atoms with van der Waals surface area (Å²) in [4.78, 5) is 27.5. The molecule has 0 bridgehead atoms. The van der Waals surface area contributed by atoms with Crippen LogP contribution in [0.4, 0.5) is 5.69 Å². The SMILES string of the molecule is CN1CCC(N(Cc2ccco2)C(=O)/C=C/c2ccc(Cl)c([N+](=O)[O-])c2)CC1. The molecule has 0 radical (unpaired) electrons. The van der Waals surface area contributed by atoms with Crippen LogP contribution in [0.25, 0.3) is 6.08 Å². The first-order chi connectivity index (χ1) is 13.4. The van der Waals surface area contributed by atoms with Crippen molar-refractivity contribution in [2.45, 2.75) is 25.4 Å². The number of nitro groups is 1. The molecule has 1 aliphatic rings. The number of likely N-dealkylation sites (tertiary alicyclic amines) is 1. The Morgan fingerprint density at radius 3 is 2.79 bits per heavy atom. The number of rotatable bonds is 6. The Morgan fingerprint density at radius 1 is 1.39 bits per heavy atom. The first kappa shape index (κ1) is 20.1. The number of benzene rings is 1. The second-order valence-electron chi connectivity index (χ2n) is 6.88. The van der Waals surface area contributed by atoms with Crippen molar-refractivity contribution in [2.24, 2.45) is 0 Å². The van der Waals surface area contributed by atoms with Crippen LogP contribution < -0.4 is 0 Å². The summed E-state index contributed by atoms with van der Waals surface area (Å²) in [5, 5.41) is 11.1. The third kappa shape index (κ3) is 4.99. The summed E-state index contributed by atoms with van der Waals surface area (Å²) in [7, 11) is 2.07. The number of nitro benzene ring substituents is 1. The molecule has 0 spiro atoms. The monoisotopic (exact) mass is 403 g/mol. The van der Waals surface area contributed by atoms with Crippen LogP contribution in [-0.4, -0.2) is 46.8 Å². The molecule has 3 rings (SSSR count). The fraction of sp³-hybridized carbons (Fsp3) is 0.350. The molecule has 2 heterocycles. The number of furan rings is 1. The minimum atomic E-state index is -0.538. The van der Waals surface area contributed by atoms with Crippen molar-refractivity contribution in [3.8, 4) is 0 Å². The molecule has 0 saturated carbocycles. The zero-order valence-corrected chi connectivity index (χ0v) is 16.3. The van der Waals surface area contributed by atoms with Crippen molar-refractivity contribution >= 4 is 29.3 Å². The molecular weight excluding hydrogens is 382 g/mol. The van der Waals surface area contributed by atoms with E-state index in [1.807, 2.05) is 11.0 Å². The maximum atomic E-state index is 12.9. The molecular formula is C20H22ClN3O4. The summed E-state index contributed by atoms with van der Waals surface area (Å²) in [5.41, 5.74) is 0.366. The maximum Gasteiger partial charge on any atom is 0.288 e. The van der Waals surface area contributed by atoms with E-state index in [4.69, 9.17) is 16.0 Å². The highest BCUT2D eigenvalue weighted by Crippen LogP contribution is 2.26. The molecule has 2 aromatic rings. The second kappa shape index (κ2) is 9.03. The highest BCUT2D eigenvalue weighted by molar-refractivity contribution is 6.32. The molecule has 0 aliphatic carbocycles. The van der Waals surface area contributed by atoms with Crippen LogP contribution in [0.3, 0.4) is 0 Å². The maximum absolute atomic E-state index is 12.9. The summed E-state index contributed by atoms with van der Waals surface area (Å²) in [5.74, 6) is 0.575. The van der Waals surface area contributed by atoms with Gasteiger partial charge in [0.25, 0.3) is 5.69 Å². The van der Waals surface area contributed by atoms with Gasteiger partial charge in [0.1, 0.15) is 10.8 Å². The van der Waals surface area contributed by atoms with E-state index >= 15 is 0 Å². The van der Waals surface area contributed by atoms with E-state index in [2.05, 4.69) is 11.9 Å². The van der Waals surface area contributed by atoms with Crippen LogP contribution in [0.1, 0.15) is 24.2 Å². The van der Waals surface area contributed by atoms with Crippen LogP contribution in [0.2, 0.25) is 5.02 Å². The minimum Gasteiger partial charge on any atom is -0.467 e.